The van der Waals surface area contributed by atoms with Crippen LogP contribution >= 0.6 is 11.8 Å². The first-order chi connectivity index (χ1) is 21.8. The molecule has 3 amide bonds. The molecule has 10 nitrogen and oxygen atoms in total. The summed E-state index contributed by atoms with van der Waals surface area (Å²) < 4.78 is 0.0273. The van der Waals surface area contributed by atoms with E-state index in [9.17, 15) is 19.5 Å². The Bertz CT molecular complexity index is 1690. The van der Waals surface area contributed by atoms with Gasteiger partial charge in [-0.1, -0.05) is 78.9 Å². The van der Waals surface area contributed by atoms with Crippen LogP contribution in [-0.2, 0) is 27.5 Å². The van der Waals surface area contributed by atoms with Gasteiger partial charge in [0.2, 0.25) is 17.7 Å². The lowest BCUT2D eigenvalue weighted by Crippen LogP contribution is -2.57. The molecule has 234 valence electrons. The number of carbonyl (C=O) groups is 3. The third-order valence-corrected chi connectivity index (χ3v) is 11.6. The predicted octanol–water partition coefficient (Wildman–Crippen LogP) is 2.89. The van der Waals surface area contributed by atoms with Crippen molar-refractivity contribution < 1.29 is 19.5 Å². The molecular formula is C34H38N6O4S. The van der Waals surface area contributed by atoms with E-state index < -0.39 is 33.4 Å². The van der Waals surface area contributed by atoms with Crippen LogP contribution in [0.25, 0.3) is 11.0 Å². The van der Waals surface area contributed by atoms with E-state index in [4.69, 9.17) is 0 Å². The Labute approximate surface area is 266 Å². The molecule has 6 atom stereocenters. The van der Waals surface area contributed by atoms with Crippen LogP contribution in [0.15, 0.2) is 78.9 Å². The third-order valence-electron chi connectivity index (χ3n) is 9.80. The quantitative estimate of drug-likeness (QED) is 0.383. The highest BCUT2D eigenvalue weighted by atomic mass is 32.2. The number of hydrogen-bond donors (Lipinski definition) is 1. The highest BCUT2D eigenvalue weighted by molar-refractivity contribution is 8.02. The molecule has 2 fully saturated rings. The molecule has 1 unspecified atom stereocenters. The van der Waals surface area contributed by atoms with Gasteiger partial charge in [-0.05, 0) is 37.5 Å². The van der Waals surface area contributed by atoms with Crippen molar-refractivity contribution in [2.24, 2.45) is 11.8 Å². The van der Waals surface area contributed by atoms with E-state index in [1.807, 2.05) is 91.6 Å². The van der Waals surface area contributed by atoms with Gasteiger partial charge in [-0.3, -0.25) is 14.4 Å². The van der Waals surface area contributed by atoms with Gasteiger partial charge < -0.3 is 19.8 Å². The van der Waals surface area contributed by atoms with Gasteiger partial charge >= 0.3 is 0 Å². The SMILES string of the molecule is CCCN1CC=C[C@@]2(C)S[C@]34C=CCN(Cn5nnc6ccccc65)C(=O)C3N([C@@H](CO)Cc3ccccc3)C(=O)[C@@H]4[C@H]2C1=O. The van der Waals surface area contributed by atoms with Crippen molar-refractivity contribution in [3.63, 3.8) is 0 Å². The predicted molar refractivity (Wildman–Crippen MR) is 172 cm³/mol. The first-order valence-electron chi connectivity index (χ1n) is 15.7. The standard InChI is InChI=1S/C34H38N6O4S/c1-3-17-37-18-9-15-33(2)27(30(37)42)28-31(43)40(24(21-41)20-23-11-5-4-6-12-23)29-32(44)38(19-10-16-34(28,29)45-33)22-39-26-14-8-7-13-25(26)35-36-39/h4-16,24,27-29,41H,3,17-22H2,1-2H3/t24-,27+,28+,29?,33-,34+/m1/s1. The van der Waals surface area contributed by atoms with Crippen molar-refractivity contribution in [3.05, 3.63) is 84.5 Å². The summed E-state index contributed by atoms with van der Waals surface area (Å²) >= 11 is 1.56. The molecule has 45 heavy (non-hydrogen) atoms. The number of carbonyl (C=O) groups excluding carboxylic acids is 3. The summed E-state index contributed by atoms with van der Waals surface area (Å²) in [5.74, 6) is -1.93. The van der Waals surface area contributed by atoms with Crippen LogP contribution in [-0.4, -0.2) is 100 Å². The van der Waals surface area contributed by atoms with E-state index in [-0.39, 0.29) is 31.0 Å². The average molecular weight is 627 g/mol. The minimum absolute atomic E-state index is 0.0488. The zero-order valence-electron chi connectivity index (χ0n) is 25.5. The Kier molecular flexibility index (Phi) is 7.56. The zero-order chi connectivity index (χ0) is 31.3. The summed E-state index contributed by atoms with van der Waals surface area (Å²) in [7, 11) is 0. The number of thioether (sulfide) groups is 1. The number of aromatic nitrogens is 3. The van der Waals surface area contributed by atoms with E-state index in [1.54, 1.807) is 26.2 Å². The minimum atomic E-state index is -0.994. The molecule has 4 aliphatic rings. The number of likely N-dealkylation sites (tertiary alicyclic amines) is 1. The summed E-state index contributed by atoms with van der Waals surface area (Å²) in [4.78, 5) is 49.3. The van der Waals surface area contributed by atoms with Crippen molar-refractivity contribution in [1.29, 1.82) is 0 Å². The fourth-order valence-electron chi connectivity index (χ4n) is 7.87. The summed E-state index contributed by atoms with van der Waals surface area (Å²) in [6.45, 7) is 5.33. The molecule has 0 aliphatic carbocycles. The van der Waals surface area contributed by atoms with E-state index in [0.717, 1.165) is 23.0 Å². The molecule has 7 rings (SSSR count). The van der Waals surface area contributed by atoms with E-state index in [1.165, 1.54) is 0 Å². The molecule has 4 aliphatic heterocycles. The van der Waals surface area contributed by atoms with Crippen molar-refractivity contribution >= 4 is 40.5 Å². The van der Waals surface area contributed by atoms with Gasteiger partial charge in [-0.15, -0.1) is 16.9 Å². The number of benzene rings is 2. The van der Waals surface area contributed by atoms with Crippen molar-refractivity contribution in [3.8, 4) is 0 Å². The molecule has 2 aromatic carbocycles. The lowest BCUT2D eigenvalue weighted by Gasteiger charge is -2.39. The molecular weight excluding hydrogens is 588 g/mol. The number of fused-ring (bicyclic) bond motifs is 3. The van der Waals surface area contributed by atoms with Gasteiger partial charge in [0, 0.05) is 24.4 Å². The number of amides is 3. The topological polar surface area (TPSA) is 112 Å². The fourth-order valence-corrected chi connectivity index (χ4v) is 10.0. The minimum Gasteiger partial charge on any atom is -0.394 e. The van der Waals surface area contributed by atoms with E-state index >= 15 is 0 Å². The summed E-state index contributed by atoms with van der Waals surface area (Å²) in [5.41, 5.74) is 2.49. The fraction of sp³-hybridized carbons (Fsp3) is 0.441. The number of aliphatic hydroxyl groups excluding tert-OH is 1. The van der Waals surface area contributed by atoms with Gasteiger partial charge in [0.25, 0.3) is 0 Å². The van der Waals surface area contributed by atoms with E-state index in [0.29, 0.717) is 26.1 Å². The number of aliphatic hydroxyl groups is 1. The zero-order valence-corrected chi connectivity index (χ0v) is 26.3. The summed E-state index contributed by atoms with van der Waals surface area (Å²) in [6, 6.07) is 15.7. The molecule has 0 bridgehead atoms. The van der Waals surface area contributed by atoms with Crippen LogP contribution in [0.2, 0.25) is 0 Å². The Morgan fingerprint density at radius 1 is 0.933 bits per heavy atom. The van der Waals surface area contributed by atoms with Gasteiger partial charge in [0.1, 0.15) is 18.2 Å². The van der Waals surface area contributed by atoms with Crippen molar-refractivity contribution in [2.45, 2.75) is 54.9 Å². The van der Waals surface area contributed by atoms with Crippen LogP contribution in [0.3, 0.4) is 0 Å². The average Bonchev–Trinajstić information content (AvgIpc) is 3.58. The molecule has 0 radical (unpaired) electrons. The number of nitrogens with zero attached hydrogens (tertiary/aromatic N) is 6. The van der Waals surface area contributed by atoms with Crippen LogP contribution < -0.4 is 0 Å². The van der Waals surface area contributed by atoms with Gasteiger partial charge in [0.15, 0.2) is 0 Å². The Balaban J connectivity index is 1.33. The number of para-hydroxylation sites is 1. The third kappa shape index (κ3) is 4.70. The largest absolute Gasteiger partial charge is 0.394 e. The molecule has 11 heteroatoms. The molecule has 0 saturated carbocycles. The molecule has 1 N–H and O–H groups in total. The van der Waals surface area contributed by atoms with Crippen LogP contribution in [0, 0.1) is 11.8 Å². The van der Waals surface area contributed by atoms with Crippen LogP contribution in [0.4, 0.5) is 0 Å². The monoisotopic (exact) mass is 626 g/mol. The normalized spacial score (nSPS) is 30.0. The molecule has 3 aromatic rings. The van der Waals surface area contributed by atoms with E-state index in [2.05, 4.69) is 16.4 Å². The van der Waals surface area contributed by atoms with Gasteiger partial charge in [0.05, 0.1) is 34.7 Å². The highest BCUT2D eigenvalue weighted by Gasteiger charge is 2.74. The maximum absolute atomic E-state index is 14.9. The molecule has 5 heterocycles. The lowest BCUT2D eigenvalue weighted by molar-refractivity contribution is -0.147. The van der Waals surface area contributed by atoms with Gasteiger partial charge in [-0.25, -0.2) is 4.68 Å². The number of rotatable bonds is 8. The Hall–Kier alpha value is -3.96. The second-order valence-electron chi connectivity index (χ2n) is 12.6. The lowest BCUT2D eigenvalue weighted by atomic mass is 9.74. The Morgan fingerprint density at radius 2 is 1.67 bits per heavy atom. The Morgan fingerprint density at radius 3 is 2.44 bits per heavy atom. The van der Waals surface area contributed by atoms with Gasteiger partial charge in [-0.2, -0.15) is 0 Å². The van der Waals surface area contributed by atoms with Crippen LogP contribution in [0.5, 0.6) is 0 Å². The first-order valence-corrected chi connectivity index (χ1v) is 16.5. The molecule has 2 saturated heterocycles. The summed E-state index contributed by atoms with van der Waals surface area (Å²) in [5, 5.41) is 19.4. The maximum Gasteiger partial charge on any atom is 0.248 e. The first kappa shape index (κ1) is 29.7. The second-order valence-corrected chi connectivity index (χ2v) is 14.4. The molecule has 1 spiro atoms. The second kappa shape index (κ2) is 11.4. The maximum atomic E-state index is 14.9. The summed E-state index contributed by atoms with van der Waals surface area (Å²) in [6.07, 6.45) is 9.29. The highest BCUT2D eigenvalue weighted by Crippen LogP contribution is 2.65. The van der Waals surface area contributed by atoms with Crippen molar-refractivity contribution in [1.82, 2.24) is 29.7 Å². The smallest absolute Gasteiger partial charge is 0.248 e. The van der Waals surface area contributed by atoms with Crippen molar-refractivity contribution in [2.75, 3.05) is 26.2 Å². The number of hydrogen-bond acceptors (Lipinski definition) is 7. The molecule has 1 aromatic heterocycles. The van der Waals surface area contributed by atoms with Crippen LogP contribution in [0.1, 0.15) is 25.8 Å².